The third-order valence-electron chi connectivity index (χ3n) is 5.73. The second kappa shape index (κ2) is 7.44. The van der Waals surface area contributed by atoms with Gasteiger partial charge in [0.05, 0.1) is 18.5 Å². The van der Waals surface area contributed by atoms with Crippen LogP contribution in [0, 0.1) is 0 Å². The molecule has 0 spiro atoms. The van der Waals surface area contributed by atoms with E-state index in [1.165, 1.54) is 4.90 Å². The molecule has 0 bridgehead atoms. The molecule has 156 valence electrons. The van der Waals surface area contributed by atoms with Crippen LogP contribution >= 0.6 is 0 Å². The summed E-state index contributed by atoms with van der Waals surface area (Å²) in [5.74, 6) is -0.979. The normalized spacial score (nSPS) is 18.3. The molecule has 0 radical (unpaired) electrons. The first-order valence-electron chi connectivity index (χ1n) is 9.94. The van der Waals surface area contributed by atoms with Crippen LogP contribution in [0.3, 0.4) is 0 Å². The lowest BCUT2D eigenvalue weighted by Gasteiger charge is -2.29. The molecule has 31 heavy (non-hydrogen) atoms. The van der Waals surface area contributed by atoms with Crippen LogP contribution in [-0.4, -0.2) is 48.8 Å². The van der Waals surface area contributed by atoms with Crippen molar-refractivity contribution in [1.82, 2.24) is 25.2 Å². The van der Waals surface area contributed by atoms with Crippen molar-refractivity contribution in [1.29, 1.82) is 0 Å². The van der Waals surface area contributed by atoms with Crippen molar-refractivity contribution in [2.75, 3.05) is 0 Å². The van der Waals surface area contributed by atoms with Gasteiger partial charge in [-0.2, -0.15) is 0 Å². The number of imide groups is 1. The van der Waals surface area contributed by atoms with Gasteiger partial charge in [-0.25, -0.2) is 4.68 Å². The molecular weight excluding hydrogens is 398 g/mol. The Morgan fingerprint density at radius 3 is 2.65 bits per heavy atom. The van der Waals surface area contributed by atoms with Crippen LogP contribution in [0.25, 0.3) is 16.9 Å². The Kier molecular flexibility index (Phi) is 4.59. The third-order valence-corrected chi connectivity index (χ3v) is 5.73. The molecule has 1 fully saturated rings. The summed E-state index contributed by atoms with van der Waals surface area (Å²) in [5, 5.41) is 20.0. The molecule has 5 rings (SSSR count). The summed E-state index contributed by atoms with van der Waals surface area (Å²) in [5.41, 5.74) is 4.33. The predicted molar refractivity (Wildman–Crippen MR) is 109 cm³/mol. The number of hydrogen-bond donors (Lipinski definition) is 2. The van der Waals surface area contributed by atoms with E-state index in [1.54, 1.807) is 23.0 Å². The average Bonchev–Trinajstić information content (AvgIpc) is 3.39. The van der Waals surface area contributed by atoms with E-state index >= 15 is 0 Å². The molecule has 3 amide bonds. The number of carbonyl (C=O) groups is 3. The number of hydrogen-bond acceptors (Lipinski definition) is 6. The summed E-state index contributed by atoms with van der Waals surface area (Å²) in [6, 6.07) is 12.1. The fourth-order valence-electron chi connectivity index (χ4n) is 4.08. The molecule has 1 unspecified atom stereocenters. The molecule has 2 aromatic carbocycles. The van der Waals surface area contributed by atoms with Crippen molar-refractivity contribution in [2.24, 2.45) is 0 Å². The minimum absolute atomic E-state index is 0.0270. The number of nitrogens with one attached hydrogen (secondary N) is 1. The molecule has 0 aliphatic carbocycles. The van der Waals surface area contributed by atoms with E-state index in [-0.39, 0.29) is 31.4 Å². The minimum Gasteiger partial charge on any atom is -0.392 e. The van der Waals surface area contributed by atoms with Gasteiger partial charge in [0.15, 0.2) is 0 Å². The summed E-state index contributed by atoms with van der Waals surface area (Å²) in [6.45, 7) is 0.234. The summed E-state index contributed by atoms with van der Waals surface area (Å²) >= 11 is 0. The zero-order valence-corrected chi connectivity index (χ0v) is 16.5. The van der Waals surface area contributed by atoms with Crippen molar-refractivity contribution in [3.63, 3.8) is 0 Å². The molecule has 2 N–H and O–H groups in total. The molecule has 1 atom stereocenters. The van der Waals surface area contributed by atoms with Crippen LogP contribution in [0.15, 0.2) is 48.7 Å². The van der Waals surface area contributed by atoms with E-state index in [9.17, 15) is 19.5 Å². The first-order valence-corrected chi connectivity index (χ1v) is 9.94. The van der Waals surface area contributed by atoms with Crippen molar-refractivity contribution in [3.8, 4) is 16.9 Å². The summed E-state index contributed by atoms with van der Waals surface area (Å²) in [7, 11) is 0. The van der Waals surface area contributed by atoms with Gasteiger partial charge in [-0.3, -0.25) is 19.7 Å². The highest BCUT2D eigenvalue weighted by atomic mass is 16.3. The Morgan fingerprint density at radius 2 is 1.90 bits per heavy atom. The van der Waals surface area contributed by atoms with Crippen molar-refractivity contribution in [2.45, 2.75) is 32.0 Å². The zero-order chi connectivity index (χ0) is 21.5. The van der Waals surface area contributed by atoms with Gasteiger partial charge < -0.3 is 10.0 Å². The van der Waals surface area contributed by atoms with Gasteiger partial charge in [0.25, 0.3) is 5.91 Å². The standard InChI is InChI=1S/C22H19N5O4/c28-12-13-4-6-14(7-5-13)17-11-27(25-24-17)18-3-1-2-15-16(18)10-26(22(15)31)19-8-9-20(29)23-21(19)30/h1-7,11,19,28H,8-10,12H2,(H,23,29,30). The van der Waals surface area contributed by atoms with Gasteiger partial charge in [0, 0.05) is 29.7 Å². The van der Waals surface area contributed by atoms with Crippen LogP contribution in [0.5, 0.6) is 0 Å². The maximum Gasteiger partial charge on any atom is 0.255 e. The van der Waals surface area contributed by atoms with E-state index in [0.717, 1.165) is 16.7 Å². The minimum atomic E-state index is -0.665. The van der Waals surface area contributed by atoms with Crippen LogP contribution in [0.4, 0.5) is 0 Å². The number of fused-ring (bicyclic) bond motifs is 1. The molecule has 2 aliphatic heterocycles. The molecule has 1 aromatic heterocycles. The number of benzene rings is 2. The first-order chi connectivity index (χ1) is 15.0. The zero-order valence-electron chi connectivity index (χ0n) is 16.5. The van der Waals surface area contributed by atoms with E-state index in [1.807, 2.05) is 30.3 Å². The number of aliphatic hydroxyl groups excluding tert-OH is 1. The molecule has 1 saturated heterocycles. The lowest BCUT2D eigenvalue weighted by Crippen LogP contribution is -2.52. The predicted octanol–water partition coefficient (Wildman–Crippen LogP) is 1.19. The molecule has 9 heteroatoms. The average molecular weight is 417 g/mol. The monoisotopic (exact) mass is 417 g/mol. The van der Waals surface area contributed by atoms with Crippen LogP contribution < -0.4 is 5.32 Å². The summed E-state index contributed by atoms with van der Waals surface area (Å²) < 4.78 is 1.62. The number of aliphatic hydroxyl groups is 1. The maximum absolute atomic E-state index is 13.0. The molecule has 3 aromatic rings. The third kappa shape index (κ3) is 3.28. The Bertz CT molecular complexity index is 1200. The Morgan fingerprint density at radius 1 is 1.10 bits per heavy atom. The van der Waals surface area contributed by atoms with Gasteiger partial charge >= 0.3 is 0 Å². The van der Waals surface area contributed by atoms with Gasteiger partial charge in [-0.15, -0.1) is 5.10 Å². The first kappa shape index (κ1) is 19.1. The number of piperidine rings is 1. The molecule has 0 saturated carbocycles. The number of nitrogens with zero attached hydrogens (tertiary/aromatic N) is 4. The number of rotatable bonds is 4. The Labute approximate surface area is 177 Å². The van der Waals surface area contributed by atoms with Crippen molar-refractivity contribution < 1.29 is 19.5 Å². The van der Waals surface area contributed by atoms with Crippen molar-refractivity contribution in [3.05, 3.63) is 65.4 Å². The molecular formula is C22H19N5O4. The lowest BCUT2D eigenvalue weighted by molar-refractivity contribution is -0.136. The molecule has 9 nitrogen and oxygen atoms in total. The molecule has 2 aliphatic rings. The van der Waals surface area contributed by atoms with E-state index < -0.39 is 11.9 Å². The van der Waals surface area contributed by atoms with Gasteiger partial charge in [0.1, 0.15) is 11.7 Å². The van der Waals surface area contributed by atoms with Gasteiger partial charge in [0.2, 0.25) is 11.8 Å². The fraction of sp³-hybridized carbons (Fsp3) is 0.227. The number of carbonyl (C=O) groups excluding carboxylic acids is 3. The van der Waals surface area contributed by atoms with Crippen LogP contribution in [0.1, 0.15) is 34.3 Å². The largest absolute Gasteiger partial charge is 0.392 e. The van der Waals surface area contributed by atoms with Crippen molar-refractivity contribution >= 4 is 17.7 Å². The van der Waals surface area contributed by atoms with Gasteiger partial charge in [-0.1, -0.05) is 35.5 Å². The Balaban J connectivity index is 1.45. The lowest BCUT2D eigenvalue weighted by atomic mass is 10.0. The highest BCUT2D eigenvalue weighted by molar-refractivity contribution is 6.05. The van der Waals surface area contributed by atoms with E-state index in [2.05, 4.69) is 15.6 Å². The highest BCUT2D eigenvalue weighted by Crippen LogP contribution is 2.31. The quantitative estimate of drug-likeness (QED) is 0.616. The molecule has 3 heterocycles. The Hall–Kier alpha value is -3.85. The number of amides is 3. The maximum atomic E-state index is 13.0. The highest BCUT2D eigenvalue weighted by Gasteiger charge is 2.40. The number of aromatic nitrogens is 3. The van der Waals surface area contributed by atoms with Crippen LogP contribution in [-0.2, 0) is 22.7 Å². The van der Waals surface area contributed by atoms with E-state index in [4.69, 9.17) is 0 Å². The second-order valence-corrected chi connectivity index (χ2v) is 7.61. The topological polar surface area (TPSA) is 117 Å². The van der Waals surface area contributed by atoms with Crippen LogP contribution in [0.2, 0.25) is 0 Å². The van der Waals surface area contributed by atoms with E-state index in [0.29, 0.717) is 23.4 Å². The fourth-order valence-corrected chi connectivity index (χ4v) is 4.08. The summed E-state index contributed by atoms with van der Waals surface area (Å²) in [6.07, 6.45) is 2.31. The second-order valence-electron chi connectivity index (χ2n) is 7.61. The SMILES string of the molecule is O=C1CCC(N2Cc3c(cccc3-n3cc(-c4ccc(CO)cc4)nn3)C2=O)C(=O)N1. The smallest absolute Gasteiger partial charge is 0.255 e. The van der Waals surface area contributed by atoms with Gasteiger partial charge in [-0.05, 0) is 24.1 Å². The summed E-state index contributed by atoms with van der Waals surface area (Å²) in [4.78, 5) is 38.2.